The van der Waals surface area contributed by atoms with Crippen LogP contribution in [-0.4, -0.2) is 45.1 Å². The van der Waals surface area contributed by atoms with Gasteiger partial charge in [0.25, 0.3) is 5.91 Å². The summed E-state index contributed by atoms with van der Waals surface area (Å²) in [4.78, 5) is 43.0. The smallest absolute Gasteiger partial charge is 0.408 e. The number of aromatic hydroxyl groups is 1. The summed E-state index contributed by atoms with van der Waals surface area (Å²) in [7, 11) is 0. The first-order chi connectivity index (χ1) is 18.4. The predicted molar refractivity (Wildman–Crippen MR) is 159 cm³/mol. The second kappa shape index (κ2) is 12.7. The molecule has 0 saturated heterocycles. The molecule has 220 valence electrons. The van der Waals surface area contributed by atoms with E-state index < -0.39 is 41.1 Å². The molecule has 0 heterocycles. The van der Waals surface area contributed by atoms with Crippen LogP contribution in [0.4, 0.5) is 10.5 Å². The highest BCUT2D eigenvalue weighted by Crippen LogP contribution is 2.37. The Labute approximate surface area is 239 Å². The molecule has 0 saturated carbocycles. The average molecular weight is 554 g/mol. The molecule has 0 radical (unpaired) electrons. The monoisotopic (exact) mass is 553 g/mol. The van der Waals surface area contributed by atoms with Crippen LogP contribution in [0, 0.1) is 26.7 Å². The normalized spacial score (nSPS) is 14.1. The predicted octanol–water partition coefficient (Wildman–Crippen LogP) is 6.56. The van der Waals surface area contributed by atoms with Gasteiger partial charge in [0.15, 0.2) is 0 Å². The highest BCUT2D eigenvalue weighted by molar-refractivity contribution is 6.00. The van der Waals surface area contributed by atoms with Crippen LogP contribution in [0.15, 0.2) is 36.4 Å². The van der Waals surface area contributed by atoms with Gasteiger partial charge in [0.1, 0.15) is 23.4 Å². The molecule has 2 aromatic carbocycles. The third-order valence-corrected chi connectivity index (χ3v) is 6.91. The highest BCUT2D eigenvalue weighted by Gasteiger charge is 2.44. The molecule has 8 heteroatoms. The maximum atomic E-state index is 14.5. The van der Waals surface area contributed by atoms with E-state index in [9.17, 15) is 19.5 Å². The van der Waals surface area contributed by atoms with Gasteiger partial charge < -0.3 is 25.4 Å². The number of carbonyl (C=O) groups is 3. The number of nitrogens with one attached hydrogen (secondary N) is 2. The number of amides is 3. The summed E-state index contributed by atoms with van der Waals surface area (Å²) in [6.07, 6.45) is -0.117. The minimum absolute atomic E-state index is 0.0635. The number of phenols is 1. The van der Waals surface area contributed by atoms with E-state index in [4.69, 9.17) is 4.74 Å². The van der Waals surface area contributed by atoms with Crippen LogP contribution in [0.3, 0.4) is 0 Å². The summed E-state index contributed by atoms with van der Waals surface area (Å²) in [5.41, 5.74) is 1.64. The van der Waals surface area contributed by atoms with Gasteiger partial charge in [0.05, 0.1) is 0 Å². The summed E-state index contributed by atoms with van der Waals surface area (Å²) < 4.78 is 5.47. The molecular weight excluding hydrogens is 506 g/mol. The number of anilines is 1. The summed E-state index contributed by atoms with van der Waals surface area (Å²) >= 11 is 0. The summed E-state index contributed by atoms with van der Waals surface area (Å²) in [6, 6.07) is 8.70. The van der Waals surface area contributed by atoms with Gasteiger partial charge in [0, 0.05) is 16.8 Å². The number of carbonyl (C=O) groups excluding carboxylic acids is 3. The largest absolute Gasteiger partial charge is 0.507 e. The van der Waals surface area contributed by atoms with Crippen molar-refractivity contribution in [3.8, 4) is 5.75 Å². The number of benzene rings is 2. The first-order valence-electron chi connectivity index (χ1n) is 13.9. The van der Waals surface area contributed by atoms with E-state index in [1.54, 1.807) is 45.9 Å². The van der Waals surface area contributed by atoms with Crippen molar-refractivity contribution >= 4 is 23.6 Å². The lowest BCUT2D eigenvalue weighted by molar-refractivity contribution is -0.148. The first-order valence-corrected chi connectivity index (χ1v) is 13.9. The van der Waals surface area contributed by atoms with E-state index in [0.717, 1.165) is 11.1 Å². The first kappa shape index (κ1) is 32.7. The van der Waals surface area contributed by atoms with E-state index in [0.29, 0.717) is 23.2 Å². The lowest BCUT2D eigenvalue weighted by Crippen LogP contribution is -2.59. The van der Waals surface area contributed by atoms with Crippen molar-refractivity contribution < 1.29 is 24.2 Å². The van der Waals surface area contributed by atoms with Gasteiger partial charge in [-0.2, -0.15) is 0 Å². The zero-order valence-corrected chi connectivity index (χ0v) is 25.9. The number of aryl methyl sites for hydroxylation is 3. The van der Waals surface area contributed by atoms with Crippen LogP contribution in [0.25, 0.3) is 0 Å². The summed E-state index contributed by atoms with van der Waals surface area (Å²) in [5.74, 6) is -1.25. The Morgan fingerprint density at radius 2 is 1.45 bits per heavy atom. The Kier molecular flexibility index (Phi) is 10.4. The Morgan fingerprint density at radius 1 is 0.925 bits per heavy atom. The maximum Gasteiger partial charge on any atom is 0.408 e. The Balaban J connectivity index is 2.72. The molecule has 0 aliphatic carbocycles. The van der Waals surface area contributed by atoms with Crippen LogP contribution in [-0.2, 0) is 14.3 Å². The van der Waals surface area contributed by atoms with Crippen LogP contribution < -0.4 is 10.6 Å². The van der Waals surface area contributed by atoms with Crippen LogP contribution in [0.5, 0.6) is 5.75 Å². The molecule has 0 aliphatic heterocycles. The third kappa shape index (κ3) is 7.99. The van der Waals surface area contributed by atoms with Crippen molar-refractivity contribution in [3.63, 3.8) is 0 Å². The third-order valence-electron chi connectivity index (χ3n) is 6.91. The van der Waals surface area contributed by atoms with Crippen molar-refractivity contribution in [2.75, 3.05) is 5.32 Å². The molecule has 0 bridgehead atoms. The fraction of sp³-hybridized carbons (Fsp3) is 0.531. The lowest BCUT2D eigenvalue weighted by atomic mass is 9.90. The second-order valence-electron chi connectivity index (χ2n) is 12.6. The fourth-order valence-corrected chi connectivity index (χ4v) is 4.62. The van der Waals surface area contributed by atoms with Gasteiger partial charge in [-0.15, -0.1) is 0 Å². The van der Waals surface area contributed by atoms with Gasteiger partial charge in [0.2, 0.25) is 5.91 Å². The summed E-state index contributed by atoms with van der Waals surface area (Å²) in [6.45, 7) is 20.1. The molecule has 2 rings (SSSR count). The quantitative estimate of drug-likeness (QED) is 0.343. The zero-order chi connectivity index (χ0) is 30.6. The van der Waals surface area contributed by atoms with Gasteiger partial charge >= 0.3 is 6.09 Å². The molecular formula is C32H47N3O5. The number of hydrogen-bond acceptors (Lipinski definition) is 5. The second-order valence-corrected chi connectivity index (χ2v) is 12.6. The Morgan fingerprint density at radius 3 is 1.95 bits per heavy atom. The van der Waals surface area contributed by atoms with E-state index in [-0.39, 0.29) is 11.7 Å². The van der Waals surface area contributed by atoms with Crippen LogP contribution in [0.1, 0.15) is 90.1 Å². The minimum atomic E-state index is -1.20. The SMILES string of the molecule is CCC(C)C(NC(=O)OC(C)(C)C)C(=O)N(C(C(=O)Nc1c(C)cccc1C)c1cccc(C)c1O)C(C)(C)C. The average Bonchev–Trinajstić information content (AvgIpc) is 2.82. The standard InChI is InChI=1S/C32H47N3O5/c1-12-19(2)25(34-30(39)40-32(9,10)11)29(38)35(31(6,7)8)26(23-18-14-17-22(5)27(23)36)28(37)33-24-20(3)15-13-16-21(24)4/h13-19,25-26,36H,12H2,1-11H3,(H,33,37)(H,34,39). The van der Waals surface area contributed by atoms with Gasteiger partial charge in [-0.25, -0.2) is 4.79 Å². The number of phenolic OH excluding ortho intramolecular Hbond substituents is 1. The topological polar surface area (TPSA) is 108 Å². The van der Waals surface area contributed by atoms with E-state index in [2.05, 4.69) is 10.6 Å². The molecule has 40 heavy (non-hydrogen) atoms. The molecule has 3 unspecified atom stereocenters. The van der Waals surface area contributed by atoms with E-state index >= 15 is 0 Å². The Hall–Kier alpha value is -3.55. The van der Waals surface area contributed by atoms with Gasteiger partial charge in [-0.1, -0.05) is 56.7 Å². The molecule has 3 atom stereocenters. The zero-order valence-electron chi connectivity index (χ0n) is 25.9. The summed E-state index contributed by atoms with van der Waals surface area (Å²) in [5, 5.41) is 16.9. The van der Waals surface area contributed by atoms with Crippen molar-refractivity contribution in [1.29, 1.82) is 0 Å². The minimum Gasteiger partial charge on any atom is -0.507 e. The van der Waals surface area contributed by atoms with E-state index in [1.807, 2.05) is 66.7 Å². The number of ether oxygens (including phenoxy) is 1. The number of alkyl carbamates (subject to hydrolysis) is 1. The molecule has 0 aromatic heterocycles. The van der Waals surface area contributed by atoms with Crippen molar-refractivity contribution in [2.24, 2.45) is 5.92 Å². The lowest BCUT2D eigenvalue weighted by Gasteiger charge is -2.44. The van der Waals surface area contributed by atoms with Gasteiger partial charge in [-0.05, 0) is 84.9 Å². The van der Waals surface area contributed by atoms with Crippen molar-refractivity contribution in [1.82, 2.24) is 10.2 Å². The van der Waals surface area contributed by atoms with Crippen LogP contribution in [0.2, 0.25) is 0 Å². The Bertz CT molecular complexity index is 1210. The van der Waals surface area contributed by atoms with Crippen molar-refractivity contribution in [3.05, 3.63) is 58.7 Å². The molecule has 0 aliphatic rings. The number of rotatable bonds is 8. The number of nitrogens with zero attached hydrogens (tertiary/aromatic N) is 1. The maximum absolute atomic E-state index is 14.5. The fourth-order valence-electron chi connectivity index (χ4n) is 4.62. The van der Waals surface area contributed by atoms with E-state index in [1.165, 1.54) is 4.90 Å². The van der Waals surface area contributed by atoms with Gasteiger partial charge in [-0.3, -0.25) is 9.59 Å². The number of para-hydroxylation sites is 2. The molecule has 0 fully saturated rings. The molecule has 3 amide bonds. The highest BCUT2D eigenvalue weighted by atomic mass is 16.6. The van der Waals surface area contributed by atoms with Crippen LogP contribution >= 0.6 is 0 Å². The molecule has 3 N–H and O–H groups in total. The molecule has 8 nitrogen and oxygen atoms in total. The molecule has 0 spiro atoms. The van der Waals surface area contributed by atoms with Crippen molar-refractivity contribution in [2.45, 2.75) is 106 Å². The number of hydrogen-bond donors (Lipinski definition) is 3. The molecule has 2 aromatic rings.